The van der Waals surface area contributed by atoms with Crippen molar-refractivity contribution in [3.63, 3.8) is 0 Å². The molecule has 1 aromatic rings. The Bertz CT molecular complexity index is 624. The van der Waals surface area contributed by atoms with E-state index >= 15 is 0 Å². The number of hydrogen-bond acceptors (Lipinski definition) is 5. The molecule has 0 N–H and O–H groups in total. The van der Waals surface area contributed by atoms with Crippen molar-refractivity contribution < 1.29 is 9.47 Å². The van der Waals surface area contributed by atoms with Gasteiger partial charge in [0, 0.05) is 0 Å². The molecule has 8 heteroatoms. The normalized spacial score (nSPS) is 24.9. The number of allylic oxidation sites excluding steroid dienone is 1. The molecule has 0 spiro atoms. The quantitative estimate of drug-likeness (QED) is 0.477. The summed E-state index contributed by atoms with van der Waals surface area (Å²) >= 11 is 0. The fourth-order valence-corrected chi connectivity index (χ4v) is 1.78. The Labute approximate surface area is 100 Å². The van der Waals surface area contributed by atoms with E-state index in [1.165, 1.54) is 6.08 Å². The summed E-state index contributed by atoms with van der Waals surface area (Å²) in [5.41, 5.74) is -2.04. The van der Waals surface area contributed by atoms with Gasteiger partial charge in [0.2, 0.25) is 0 Å². The smallest absolute Gasteiger partial charge is 0.340 e. The molecular weight excluding hydrogens is 242 g/mol. The topological polar surface area (TPSA) is 91.1 Å². The van der Waals surface area contributed by atoms with Crippen LogP contribution >= 0.6 is 0 Å². The summed E-state index contributed by atoms with van der Waals surface area (Å²) in [5.74, 6) is 0. The lowest BCUT2D eigenvalue weighted by molar-refractivity contribution is 0.291. The summed E-state index contributed by atoms with van der Waals surface area (Å²) < 4.78 is 12.7. The third kappa shape index (κ3) is 1.57. The minimum Gasteiger partial charge on any atom is -0.350 e. The number of epoxide rings is 2. The van der Waals surface area contributed by atoms with Gasteiger partial charge in [-0.25, -0.2) is 28.1 Å². The van der Waals surface area contributed by atoms with E-state index < -0.39 is 29.5 Å². The molecule has 2 aliphatic heterocycles. The Morgan fingerprint density at radius 3 is 1.83 bits per heavy atom. The summed E-state index contributed by atoms with van der Waals surface area (Å²) in [4.78, 5) is 36.1. The molecule has 0 aromatic carbocycles. The summed E-state index contributed by atoms with van der Waals surface area (Å²) in [7, 11) is 0. The van der Waals surface area contributed by atoms with Gasteiger partial charge in [-0.3, -0.25) is 0 Å². The summed E-state index contributed by atoms with van der Waals surface area (Å²) in [5, 5.41) is 0. The van der Waals surface area contributed by atoms with Gasteiger partial charge in [-0.1, -0.05) is 6.08 Å². The first kappa shape index (κ1) is 11.2. The van der Waals surface area contributed by atoms with E-state index in [0.717, 1.165) is 13.7 Å². The molecule has 96 valence electrons. The average Bonchev–Trinajstić information content (AvgIpc) is 3.15. The number of aromatic nitrogens is 3. The second kappa shape index (κ2) is 3.79. The third-order valence-electron chi connectivity index (χ3n) is 2.81. The Hall–Kier alpha value is -1.93. The maximum Gasteiger partial charge on any atom is 0.340 e. The van der Waals surface area contributed by atoms with E-state index in [9.17, 15) is 14.4 Å². The fraction of sp³-hybridized carbons (Fsp3) is 0.500. The zero-order chi connectivity index (χ0) is 12.9. The van der Waals surface area contributed by atoms with Gasteiger partial charge in [-0.05, 0) is 0 Å². The van der Waals surface area contributed by atoms with Crippen LogP contribution in [0.5, 0.6) is 0 Å². The number of nitrogens with zero attached hydrogens (tertiary/aromatic N) is 3. The van der Waals surface area contributed by atoms with Gasteiger partial charge in [-0.15, -0.1) is 6.58 Å². The van der Waals surface area contributed by atoms with Gasteiger partial charge in [-0.2, -0.15) is 0 Å². The van der Waals surface area contributed by atoms with E-state index in [2.05, 4.69) is 6.58 Å². The third-order valence-corrected chi connectivity index (χ3v) is 2.81. The average molecular weight is 253 g/mol. The van der Waals surface area contributed by atoms with Crippen molar-refractivity contribution in [1.82, 2.24) is 13.7 Å². The lowest BCUT2D eigenvalue weighted by Gasteiger charge is -2.09. The number of hydrogen-bond donors (Lipinski definition) is 0. The van der Waals surface area contributed by atoms with E-state index in [1.54, 1.807) is 0 Å². The lowest BCUT2D eigenvalue weighted by atomic mass is 10.6. The lowest BCUT2D eigenvalue weighted by Crippen LogP contribution is -2.54. The highest BCUT2D eigenvalue weighted by Crippen LogP contribution is 2.21. The van der Waals surface area contributed by atoms with Crippen LogP contribution in [0.3, 0.4) is 0 Å². The molecule has 2 fully saturated rings. The molecule has 0 saturated carbocycles. The van der Waals surface area contributed by atoms with Crippen LogP contribution in [-0.2, 0) is 16.0 Å². The van der Waals surface area contributed by atoms with Crippen molar-refractivity contribution in [3.05, 3.63) is 44.1 Å². The zero-order valence-corrected chi connectivity index (χ0v) is 9.44. The molecular formula is C10H11N3O5. The first-order chi connectivity index (χ1) is 8.65. The molecule has 1 aromatic heterocycles. The molecule has 8 nitrogen and oxygen atoms in total. The standard InChI is InChI=1S/C10H11N3O5/c1-2-3-11-8(14)12(6-4-17-6)10(16)13(9(11)15)7-5-18-7/h2,6-7H,1,3-5H2. The van der Waals surface area contributed by atoms with Crippen LogP contribution in [0.1, 0.15) is 12.5 Å². The van der Waals surface area contributed by atoms with Gasteiger partial charge in [0.05, 0.1) is 19.8 Å². The van der Waals surface area contributed by atoms with Crippen LogP contribution in [0.4, 0.5) is 0 Å². The zero-order valence-electron chi connectivity index (χ0n) is 9.44. The highest BCUT2D eigenvalue weighted by atomic mass is 16.6. The van der Waals surface area contributed by atoms with Crippen LogP contribution in [0.25, 0.3) is 0 Å². The van der Waals surface area contributed by atoms with Gasteiger partial charge < -0.3 is 9.47 Å². The van der Waals surface area contributed by atoms with E-state index in [4.69, 9.17) is 9.47 Å². The van der Waals surface area contributed by atoms with E-state index in [-0.39, 0.29) is 6.54 Å². The highest BCUT2D eigenvalue weighted by molar-refractivity contribution is 4.88. The molecule has 0 aliphatic carbocycles. The molecule has 3 rings (SSSR count). The van der Waals surface area contributed by atoms with Gasteiger partial charge in [0.25, 0.3) is 0 Å². The van der Waals surface area contributed by atoms with Crippen LogP contribution in [0.15, 0.2) is 27.0 Å². The van der Waals surface area contributed by atoms with Gasteiger partial charge in [0.1, 0.15) is 0 Å². The molecule has 0 amide bonds. The Kier molecular flexibility index (Phi) is 2.35. The number of ether oxygens (including phenoxy) is 2. The van der Waals surface area contributed by atoms with Crippen LogP contribution in [0, 0.1) is 0 Å². The van der Waals surface area contributed by atoms with Crippen LogP contribution in [0.2, 0.25) is 0 Å². The SMILES string of the molecule is C=CCn1c(=O)n(C2CO2)c(=O)n(C2CO2)c1=O. The van der Waals surface area contributed by atoms with Crippen molar-refractivity contribution in [1.29, 1.82) is 0 Å². The molecule has 0 bridgehead atoms. The Morgan fingerprint density at radius 1 is 1.06 bits per heavy atom. The first-order valence-corrected chi connectivity index (χ1v) is 5.47. The van der Waals surface area contributed by atoms with Gasteiger partial charge in [0.15, 0.2) is 12.5 Å². The van der Waals surface area contributed by atoms with Crippen molar-refractivity contribution in [3.8, 4) is 0 Å². The maximum atomic E-state index is 12.1. The van der Waals surface area contributed by atoms with E-state index in [1.807, 2.05) is 0 Å². The van der Waals surface area contributed by atoms with Crippen LogP contribution in [-0.4, -0.2) is 26.9 Å². The van der Waals surface area contributed by atoms with Crippen molar-refractivity contribution >= 4 is 0 Å². The predicted molar refractivity (Wildman–Crippen MR) is 59.4 cm³/mol. The van der Waals surface area contributed by atoms with Crippen molar-refractivity contribution in [2.45, 2.75) is 19.0 Å². The highest BCUT2D eigenvalue weighted by Gasteiger charge is 2.35. The van der Waals surface area contributed by atoms with Crippen molar-refractivity contribution in [2.24, 2.45) is 0 Å². The monoisotopic (exact) mass is 253 g/mol. The molecule has 2 saturated heterocycles. The van der Waals surface area contributed by atoms with Gasteiger partial charge >= 0.3 is 17.1 Å². The largest absolute Gasteiger partial charge is 0.350 e. The number of rotatable bonds is 4. The summed E-state index contributed by atoms with van der Waals surface area (Å²) in [6, 6.07) is 0. The molecule has 0 radical (unpaired) electrons. The van der Waals surface area contributed by atoms with Crippen molar-refractivity contribution in [2.75, 3.05) is 13.2 Å². The second-order valence-electron chi connectivity index (χ2n) is 4.06. The minimum absolute atomic E-state index is 0.0391. The molecule has 2 unspecified atom stereocenters. The first-order valence-electron chi connectivity index (χ1n) is 5.47. The Balaban J connectivity index is 2.32. The minimum atomic E-state index is -0.685. The molecule has 2 atom stereocenters. The second-order valence-corrected chi connectivity index (χ2v) is 4.06. The van der Waals surface area contributed by atoms with Crippen LogP contribution < -0.4 is 17.1 Å². The predicted octanol–water partition coefficient (Wildman–Crippen LogP) is -1.58. The maximum absolute atomic E-state index is 12.1. The molecule has 3 heterocycles. The Morgan fingerprint density at radius 2 is 1.50 bits per heavy atom. The molecule has 2 aliphatic rings. The van der Waals surface area contributed by atoms with E-state index in [0.29, 0.717) is 13.2 Å². The summed E-state index contributed by atoms with van der Waals surface area (Å²) in [6.45, 7) is 4.12. The summed E-state index contributed by atoms with van der Waals surface area (Å²) in [6.07, 6.45) is 0.266. The molecule has 18 heavy (non-hydrogen) atoms. The fourth-order valence-electron chi connectivity index (χ4n) is 1.78.